The van der Waals surface area contributed by atoms with Crippen LogP contribution in [0.2, 0.25) is 5.02 Å². The van der Waals surface area contributed by atoms with Gasteiger partial charge in [-0.1, -0.05) is 11.6 Å². The van der Waals surface area contributed by atoms with Crippen LogP contribution in [0.4, 0.5) is 10.1 Å². The van der Waals surface area contributed by atoms with Gasteiger partial charge in [0.15, 0.2) is 6.29 Å². The molecule has 0 aliphatic heterocycles. The van der Waals surface area contributed by atoms with Gasteiger partial charge in [0, 0.05) is 22.7 Å². The van der Waals surface area contributed by atoms with Crippen molar-refractivity contribution in [2.75, 3.05) is 0 Å². The van der Waals surface area contributed by atoms with Crippen molar-refractivity contribution in [1.29, 1.82) is 0 Å². The third kappa shape index (κ3) is 3.55. The quantitative estimate of drug-likeness (QED) is 0.479. The second-order valence-corrected chi connectivity index (χ2v) is 4.53. The zero-order valence-corrected chi connectivity index (χ0v) is 11.3. The number of carbonyl (C=O) groups is 1. The van der Waals surface area contributed by atoms with Gasteiger partial charge in [-0.2, -0.15) is 0 Å². The molecule has 0 bridgehead atoms. The molecule has 108 valence electrons. The maximum Gasteiger partial charge on any atom is 0.270 e. The Morgan fingerprint density at radius 1 is 1.29 bits per heavy atom. The van der Waals surface area contributed by atoms with Gasteiger partial charge in [0.1, 0.15) is 18.2 Å². The molecule has 0 saturated carbocycles. The van der Waals surface area contributed by atoms with Gasteiger partial charge >= 0.3 is 0 Å². The number of aldehydes is 1. The first kappa shape index (κ1) is 14.9. The summed E-state index contributed by atoms with van der Waals surface area (Å²) in [5, 5.41) is 11.0. The molecule has 2 aromatic rings. The van der Waals surface area contributed by atoms with Gasteiger partial charge in [-0.3, -0.25) is 14.9 Å². The molecule has 0 fully saturated rings. The standard InChI is InChI=1S/C14H9ClFNO4/c15-13-3-1-11(16)5-10(13)8-21-14-4-2-12(17(19)20)6-9(14)7-18/h1-7H,8H2. The largest absolute Gasteiger partial charge is 0.488 e. The predicted molar refractivity (Wildman–Crippen MR) is 74.2 cm³/mol. The summed E-state index contributed by atoms with van der Waals surface area (Å²) in [7, 11) is 0. The smallest absolute Gasteiger partial charge is 0.270 e. The monoisotopic (exact) mass is 309 g/mol. The lowest BCUT2D eigenvalue weighted by Gasteiger charge is -2.09. The minimum Gasteiger partial charge on any atom is -0.488 e. The fourth-order valence-electron chi connectivity index (χ4n) is 1.68. The molecule has 21 heavy (non-hydrogen) atoms. The van der Waals surface area contributed by atoms with E-state index < -0.39 is 10.7 Å². The van der Waals surface area contributed by atoms with E-state index in [1.807, 2.05) is 0 Å². The summed E-state index contributed by atoms with van der Waals surface area (Å²) in [5.41, 5.74) is 0.233. The Labute approximate surface area is 124 Å². The van der Waals surface area contributed by atoms with Crippen LogP contribution in [0.3, 0.4) is 0 Å². The van der Waals surface area contributed by atoms with Gasteiger partial charge in [-0.05, 0) is 24.3 Å². The van der Waals surface area contributed by atoms with Gasteiger partial charge in [0.05, 0.1) is 10.5 Å². The molecule has 0 radical (unpaired) electrons. The Morgan fingerprint density at radius 2 is 2.05 bits per heavy atom. The fourth-order valence-corrected chi connectivity index (χ4v) is 1.85. The van der Waals surface area contributed by atoms with Crippen LogP contribution < -0.4 is 4.74 Å². The molecule has 0 aliphatic carbocycles. The first-order chi connectivity index (χ1) is 10.0. The molecule has 2 aromatic carbocycles. The van der Waals surface area contributed by atoms with E-state index in [4.69, 9.17) is 16.3 Å². The Morgan fingerprint density at radius 3 is 2.71 bits per heavy atom. The minimum absolute atomic E-state index is 0.0386. The predicted octanol–water partition coefficient (Wildman–Crippen LogP) is 3.78. The van der Waals surface area contributed by atoms with Crippen molar-refractivity contribution in [2.24, 2.45) is 0 Å². The zero-order valence-electron chi connectivity index (χ0n) is 10.6. The lowest BCUT2D eigenvalue weighted by atomic mass is 10.2. The van der Waals surface area contributed by atoms with Crippen molar-refractivity contribution in [1.82, 2.24) is 0 Å². The molecule has 5 nitrogen and oxygen atoms in total. The lowest BCUT2D eigenvalue weighted by Crippen LogP contribution is -2.00. The molecule has 7 heteroatoms. The Kier molecular flexibility index (Phi) is 4.49. The van der Waals surface area contributed by atoms with Crippen molar-refractivity contribution >= 4 is 23.6 Å². The number of halogens is 2. The average Bonchev–Trinajstić information content (AvgIpc) is 2.47. The molecule has 0 unspecified atom stereocenters. The maximum absolute atomic E-state index is 13.1. The van der Waals surface area contributed by atoms with Crippen molar-refractivity contribution in [2.45, 2.75) is 6.61 Å². The molecule has 0 heterocycles. The minimum atomic E-state index is -0.611. The molecule has 0 spiro atoms. The zero-order chi connectivity index (χ0) is 15.4. The van der Waals surface area contributed by atoms with E-state index in [-0.39, 0.29) is 23.6 Å². The van der Waals surface area contributed by atoms with Crippen LogP contribution in [0.1, 0.15) is 15.9 Å². The van der Waals surface area contributed by atoms with Crippen molar-refractivity contribution < 1.29 is 18.8 Å². The molecule has 0 amide bonds. The molecule has 2 rings (SSSR count). The van der Waals surface area contributed by atoms with E-state index in [1.54, 1.807) is 0 Å². The van der Waals surface area contributed by atoms with Crippen molar-refractivity contribution in [3.05, 3.63) is 68.5 Å². The molecular formula is C14H9ClFNO4. The lowest BCUT2D eigenvalue weighted by molar-refractivity contribution is -0.384. The average molecular weight is 310 g/mol. The van der Waals surface area contributed by atoms with Crippen LogP contribution in [-0.4, -0.2) is 11.2 Å². The Balaban J connectivity index is 2.21. The molecular weight excluding hydrogens is 301 g/mol. The summed E-state index contributed by atoms with van der Waals surface area (Å²) >= 11 is 5.90. The summed E-state index contributed by atoms with van der Waals surface area (Å²) < 4.78 is 18.5. The van der Waals surface area contributed by atoms with Gasteiger partial charge in [-0.25, -0.2) is 4.39 Å². The van der Waals surface area contributed by atoms with Crippen LogP contribution in [0.15, 0.2) is 36.4 Å². The van der Waals surface area contributed by atoms with Crippen LogP contribution in [0.5, 0.6) is 5.75 Å². The van der Waals surface area contributed by atoms with Gasteiger partial charge in [-0.15, -0.1) is 0 Å². The number of rotatable bonds is 5. The van der Waals surface area contributed by atoms with E-state index in [2.05, 4.69) is 0 Å². The van der Waals surface area contributed by atoms with Gasteiger partial charge in [0.25, 0.3) is 5.69 Å². The highest BCUT2D eigenvalue weighted by atomic mass is 35.5. The van der Waals surface area contributed by atoms with Gasteiger partial charge < -0.3 is 4.74 Å². The maximum atomic E-state index is 13.1. The van der Waals surface area contributed by atoms with Crippen molar-refractivity contribution in [3.63, 3.8) is 0 Å². The van der Waals surface area contributed by atoms with Gasteiger partial charge in [0.2, 0.25) is 0 Å². The highest BCUT2D eigenvalue weighted by Gasteiger charge is 2.12. The van der Waals surface area contributed by atoms with Crippen LogP contribution in [-0.2, 0) is 6.61 Å². The van der Waals surface area contributed by atoms with Crippen LogP contribution in [0, 0.1) is 15.9 Å². The SMILES string of the molecule is O=Cc1cc([N+](=O)[O-])ccc1OCc1cc(F)ccc1Cl. The number of benzene rings is 2. The fraction of sp³-hybridized carbons (Fsp3) is 0.0714. The molecule has 0 aromatic heterocycles. The summed E-state index contributed by atoms with van der Waals surface area (Å²) in [6.07, 6.45) is 0.454. The topological polar surface area (TPSA) is 69.4 Å². The number of hydrogen-bond acceptors (Lipinski definition) is 4. The summed E-state index contributed by atoms with van der Waals surface area (Å²) in [4.78, 5) is 21.0. The number of hydrogen-bond donors (Lipinski definition) is 0. The molecule has 0 saturated heterocycles. The van der Waals surface area contributed by atoms with Crippen molar-refractivity contribution in [3.8, 4) is 5.75 Å². The normalized spacial score (nSPS) is 10.2. The molecule has 0 N–H and O–H groups in total. The molecule has 0 aliphatic rings. The van der Waals surface area contributed by atoms with E-state index in [1.165, 1.54) is 30.3 Å². The third-order valence-electron chi connectivity index (χ3n) is 2.72. The van der Waals surface area contributed by atoms with E-state index in [9.17, 15) is 19.3 Å². The number of nitro benzene ring substituents is 1. The summed E-state index contributed by atoms with van der Waals surface area (Å²) in [5.74, 6) is -0.298. The first-order valence-electron chi connectivity index (χ1n) is 5.81. The van der Waals surface area contributed by atoms with E-state index in [0.717, 1.165) is 6.07 Å². The number of nitro groups is 1. The third-order valence-corrected chi connectivity index (χ3v) is 3.09. The van der Waals surface area contributed by atoms with Crippen LogP contribution in [0.25, 0.3) is 0 Å². The highest BCUT2D eigenvalue weighted by Crippen LogP contribution is 2.25. The highest BCUT2D eigenvalue weighted by molar-refractivity contribution is 6.31. The number of nitrogens with zero attached hydrogens (tertiary/aromatic N) is 1. The van der Waals surface area contributed by atoms with E-state index >= 15 is 0 Å². The number of non-ortho nitro benzene ring substituents is 1. The van der Waals surface area contributed by atoms with Crippen LogP contribution >= 0.6 is 11.6 Å². The summed E-state index contributed by atoms with van der Waals surface area (Å²) in [6.45, 7) is -0.0603. The number of ether oxygens (including phenoxy) is 1. The Bertz CT molecular complexity index is 705. The summed E-state index contributed by atoms with van der Waals surface area (Å²) in [6, 6.07) is 7.47. The molecule has 0 atom stereocenters. The Hall–Kier alpha value is -2.47. The number of carbonyl (C=O) groups excluding carboxylic acids is 1. The second-order valence-electron chi connectivity index (χ2n) is 4.12. The second kappa shape index (κ2) is 6.32. The van der Waals surface area contributed by atoms with E-state index in [0.29, 0.717) is 16.9 Å². The first-order valence-corrected chi connectivity index (χ1v) is 6.19.